The Hall–Kier alpha value is -1.91. The van der Waals surface area contributed by atoms with Crippen molar-refractivity contribution in [3.8, 4) is 11.5 Å². The predicted molar refractivity (Wildman–Crippen MR) is 130 cm³/mol. The summed E-state index contributed by atoms with van der Waals surface area (Å²) in [5.74, 6) is 3.30. The minimum atomic E-state index is -1.78. The molecule has 0 aliphatic heterocycles. The molecular formula is C26H28BrPSi. The van der Waals surface area contributed by atoms with E-state index in [2.05, 4.69) is 134 Å². The van der Waals surface area contributed by atoms with E-state index < -0.39 is 15.3 Å². The number of allylic oxidation sites excluding steroid dienone is 2. The van der Waals surface area contributed by atoms with Gasteiger partial charge in [0.15, 0.2) is 0 Å². The van der Waals surface area contributed by atoms with Gasteiger partial charge in [-0.1, -0.05) is 80.2 Å². The van der Waals surface area contributed by atoms with E-state index >= 15 is 0 Å². The molecule has 0 unspecified atom stereocenters. The van der Waals surface area contributed by atoms with Crippen LogP contribution < -0.4 is 32.9 Å². The van der Waals surface area contributed by atoms with Crippen LogP contribution in [0.4, 0.5) is 0 Å². The second-order valence-corrected chi connectivity index (χ2v) is 16.2. The molecule has 0 aliphatic rings. The van der Waals surface area contributed by atoms with Crippen LogP contribution in [0, 0.1) is 11.5 Å². The van der Waals surface area contributed by atoms with E-state index in [1.807, 2.05) is 0 Å². The van der Waals surface area contributed by atoms with Crippen molar-refractivity contribution in [1.29, 1.82) is 0 Å². The van der Waals surface area contributed by atoms with Gasteiger partial charge in [-0.15, -0.1) is 5.54 Å². The Morgan fingerprint density at radius 3 is 1.41 bits per heavy atom. The molecule has 3 aromatic rings. The van der Waals surface area contributed by atoms with Crippen molar-refractivity contribution in [2.75, 3.05) is 6.16 Å². The SMILES string of the molecule is C[Si](C)(C)C#C/C=C/C[P+](c1ccccc1)(c1ccccc1)c1ccccc1.[Br-]. The van der Waals surface area contributed by atoms with Crippen LogP contribution >= 0.6 is 7.26 Å². The summed E-state index contributed by atoms with van der Waals surface area (Å²) in [6, 6.07) is 33.0. The molecule has 0 spiro atoms. The second-order valence-electron chi connectivity index (χ2n) is 7.92. The van der Waals surface area contributed by atoms with Crippen LogP contribution in [0.15, 0.2) is 103 Å². The Kier molecular flexibility index (Phi) is 8.66. The molecule has 0 heterocycles. The van der Waals surface area contributed by atoms with Crippen molar-refractivity contribution in [2.45, 2.75) is 19.6 Å². The van der Waals surface area contributed by atoms with Crippen molar-refractivity contribution in [3.05, 3.63) is 103 Å². The standard InChI is InChI=1S/C26H28PSi.BrH/c1-28(2,3)23-15-7-14-22-27(24-16-8-4-9-17-24,25-18-10-5-11-19-25)26-20-12-6-13-21-26;/h4-14,16-21H,22H2,1-3H3;1H/q+1;/p-1/b14-7+;. The van der Waals surface area contributed by atoms with Crippen molar-refractivity contribution < 1.29 is 17.0 Å². The van der Waals surface area contributed by atoms with Gasteiger partial charge in [0.2, 0.25) is 0 Å². The van der Waals surface area contributed by atoms with E-state index in [4.69, 9.17) is 0 Å². The minimum absolute atomic E-state index is 0. The van der Waals surface area contributed by atoms with Gasteiger partial charge in [-0.05, 0) is 48.6 Å². The highest BCUT2D eigenvalue weighted by Crippen LogP contribution is 2.55. The topological polar surface area (TPSA) is 0 Å². The largest absolute Gasteiger partial charge is 1.00 e. The van der Waals surface area contributed by atoms with Crippen molar-refractivity contribution in [3.63, 3.8) is 0 Å². The average Bonchev–Trinajstić information content (AvgIpc) is 2.72. The van der Waals surface area contributed by atoms with Crippen LogP contribution in [-0.4, -0.2) is 14.2 Å². The zero-order valence-corrected chi connectivity index (χ0v) is 20.8. The quantitative estimate of drug-likeness (QED) is 0.300. The van der Waals surface area contributed by atoms with Gasteiger partial charge in [-0.2, -0.15) is 0 Å². The summed E-state index contributed by atoms with van der Waals surface area (Å²) < 4.78 is 0. The zero-order chi connectivity index (χ0) is 19.9. The minimum Gasteiger partial charge on any atom is -1.00 e. The Bertz CT molecular complexity index is 869. The van der Waals surface area contributed by atoms with E-state index in [0.29, 0.717) is 0 Å². The molecule has 3 aromatic carbocycles. The molecule has 3 heteroatoms. The molecule has 0 saturated heterocycles. The number of hydrogen-bond acceptors (Lipinski definition) is 0. The second kappa shape index (κ2) is 10.7. The molecule has 0 atom stereocenters. The number of hydrogen-bond donors (Lipinski definition) is 0. The van der Waals surface area contributed by atoms with Crippen molar-refractivity contribution >= 4 is 31.2 Å². The predicted octanol–water partition coefficient (Wildman–Crippen LogP) is 2.42. The maximum absolute atomic E-state index is 3.44. The third kappa shape index (κ3) is 6.03. The zero-order valence-electron chi connectivity index (χ0n) is 17.3. The van der Waals surface area contributed by atoms with Gasteiger partial charge in [-0.25, -0.2) is 0 Å². The number of halogens is 1. The van der Waals surface area contributed by atoms with Gasteiger partial charge in [0.1, 0.15) is 31.2 Å². The van der Waals surface area contributed by atoms with E-state index in [-0.39, 0.29) is 17.0 Å². The number of benzene rings is 3. The molecule has 0 fully saturated rings. The van der Waals surface area contributed by atoms with E-state index in [0.717, 1.165) is 6.16 Å². The summed E-state index contributed by atoms with van der Waals surface area (Å²) in [4.78, 5) is 0. The molecule has 0 aromatic heterocycles. The van der Waals surface area contributed by atoms with Gasteiger partial charge in [-0.3, -0.25) is 0 Å². The molecule has 3 rings (SSSR count). The third-order valence-corrected chi connectivity index (χ3v) is 9.81. The van der Waals surface area contributed by atoms with E-state index in [9.17, 15) is 0 Å². The van der Waals surface area contributed by atoms with Crippen LogP contribution in [0.1, 0.15) is 0 Å². The first-order valence-electron chi connectivity index (χ1n) is 9.75. The first-order chi connectivity index (χ1) is 13.5. The summed E-state index contributed by atoms with van der Waals surface area (Å²) >= 11 is 0. The smallest absolute Gasteiger partial charge is 0.129 e. The fourth-order valence-electron chi connectivity index (χ4n) is 3.34. The van der Waals surface area contributed by atoms with Gasteiger partial charge in [0, 0.05) is 0 Å². The number of rotatable bonds is 5. The molecule has 0 bridgehead atoms. The van der Waals surface area contributed by atoms with E-state index in [1.165, 1.54) is 15.9 Å². The molecule has 29 heavy (non-hydrogen) atoms. The fourth-order valence-corrected chi connectivity index (χ4v) is 7.85. The Morgan fingerprint density at radius 1 is 0.690 bits per heavy atom. The normalized spacial score (nSPS) is 11.4. The molecular weight excluding hydrogens is 451 g/mol. The summed E-state index contributed by atoms with van der Waals surface area (Å²) in [7, 11) is -3.13. The van der Waals surface area contributed by atoms with Crippen LogP contribution in [0.2, 0.25) is 19.6 Å². The maximum Gasteiger partial charge on any atom is 0.129 e. The third-order valence-electron chi connectivity index (χ3n) is 4.62. The summed E-state index contributed by atoms with van der Waals surface area (Å²) in [6.45, 7) is 6.84. The lowest BCUT2D eigenvalue weighted by Crippen LogP contribution is -3.00. The molecule has 148 valence electrons. The monoisotopic (exact) mass is 478 g/mol. The average molecular weight is 479 g/mol. The molecule has 0 radical (unpaired) electrons. The first-order valence-corrected chi connectivity index (χ1v) is 15.2. The molecule has 0 aliphatic carbocycles. The van der Waals surface area contributed by atoms with Crippen LogP contribution in [0.5, 0.6) is 0 Å². The molecule has 0 N–H and O–H groups in total. The lowest BCUT2D eigenvalue weighted by Gasteiger charge is -2.26. The van der Waals surface area contributed by atoms with Gasteiger partial charge >= 0.3 is 0 Å². The van der Waals surface area contributed by atoms with Gasteiger partial charge in [0.25, 0.3) is 0 Å². The fraction of sp³-hybridized carbons (Fsp3) is 0.154. The highest BCUT2D eigenvalue weighted by atomic mass is 79.9. The van der Waals surface area contributed by atoms with Crippen molar-refractivity contribution in [2.24, 2.45) is 0 Å². The Balaban J connectivity index is 0.00000300. The highest BCUT2D eigenvalue weighted by Gasteiger charge is 2.43. The van der Waals surface area contributed by atoms with Crippen LogP contribution in [-0.2, 0) is 0 Å². The van der Waals surface area contributed by atoms with E-state index in [1.54, 1.807) is 0 Å². The lowest BCUT2D eigenvalue weighted by molar-refractivity contribution is -0.00000573. The van der Waals surface area contributed by atoms with Crippen LogP contribution in [0.25, 0.3) is 0 Å². The summed E-state index contributed by atoms with van der Waals surface area (Å²) in [6.07, 6.45) is 5.33. The highest BCUT2D eigenvalue weighted by molar-refractivity contribution is 7.95. The lowest BCUT2D eigenvalue weighted by atomic mass is 10.4. The maximum atomic E-state index is 3.44. The molecule has 0 nitrogen and oxygen atoms in total. The van der Waals surface area contributed by atoms with Gasteiger partial charge in [0.05, 0.1) is 6.16 Å². The van der Waals surface area contributed by atoms with Gasteiger partial charge < -0.3 is 17.0 Å². The van der Waals surface area contributed by atoms with Crippen LogP contribution in [0.3, 0.4) is 0 Å². The van der Waals surface area contributed by atoms with Crippen molar-refractivity contribution in [1.82, 2.24) is 0 Å². The molecule has 0 amide bonds. The first kappa shape index (κ1) is 23.4. The molecule has 0 saturated carbocycles. The Labute approximate surface area is 188 Å². The summed E-state index contributed by atoms with van der Waals surface area (Å²) in [5, 5.41) is 4.24. The summed E-state index contributed by atoms with van der Waals surface area (Å²) in [5.41, 5.74) is 3.44. The Morgan fingerprint density at radius 2 is 1.07 bits per heavy atom.